The molecule has 0 spiro atoms. The minimum absolute atomic E-state index is 0.656. The van der Waals surface area contributed by atoms with E-state index in [1.165, 1.54) is 49.7 Å². The molecule has 2 N–H and O–H groups in total. The zero-order valence-electron chi connectivity index (χ0n) is 12.3. The Morgan fingerprint density at radius 3 is 2.32 bits per heavy atom. The molecule has 0 radical (unpaired) electrons. The van der Waals surface area contributed by atoms with Crippen LogP contribution in [0.3, 0.4) is 0 Å². The van der Waals surface area contributed by atoms with Crippen molar-refractivity contribution in [2.45, 2.75) is 57.5 Å². The van der Waals surface area contributed by atoms with Crippen molar-refractivity contribution in [3.8, 4) is 0 Å². The molecule has 0 saturated heterocycles. The van der Waals surface area contributed by atoms with Gasteiger partial charge in [-0.1, -0.05) is 49.9 Å². The van der Waals surface area contributed by atoms with Gasteiger partial charge in [0.1, 0.15) is 0 Å². The van der Waals surface area contributed by atoms with Crippen molar-refractivity contribution in [2.24, 2.45) is 5.73 Å². The standard InChI is InChI=1S/C17H28N2/c1-19(17-10-4-2-3-5-11-17)13-12-15-8-6-7-9-16(15)14-18/h6-9,17H,2-5,10-14,18H2,1H3. The average molecular weight is 260 g/mol. The van der Waals surface area contributed by atoms with Crippen LogP contribution in [0.5, 0.6) is 0 Å². The summed E-state index contributed by atoms with van der Waals surface area (Å²) in [6, 6.07) is 9.39. The molecule has 2 heteroatoms. The summed E-state index contributed by atoms with van der Waals surface area (Å²) < 4.78 is 0. The van der Waals surface area contributed by atoms with Gasteiger partial charge in [-0.25, -0.2) is 0 Å². The van der Waals surface area contributed by atoms with E-state index < -0.39 is 0 Å². The first-order valence-electron chi connectivity index (χ1n) is 7.78. The maximum absolute atomic E-state index is 5.81. The minimum atomic E-state index is 0.656. The molecule has 0 unspecified atom stereocenters. The molecule has 1 aromatic carbocycles. The van der Waals surface area contributed by atoms with Gasteiger partial charge in [0, 0.05) is 19.1 Å². The molecule has 0 aliphatic heterocycles. The Morgan fingerprint density at radius 2 is 1.68 bits per heavy atom. The first-order chi connectivity index (χ1) is 9.31. The van der Waals surface area contributed by atoms with Crippen LogP contribution in [0.2, 0.25) is 0 Å². The third-order valence-electron chi connectivity index (χ3n) is 4.52. The number of hydrogen-bond donors (Lipinski definition) is 1. The highest BCUT2D eigenvalue weighted by Gasteiger charge is 2.16. The smallest absolute Gasteiger partial charge is 0.0180 e. The van der Waals surface area contributed by atoms with Gasteiger partial charge in [-0.3, -0.25) is 0 Å². The fourth-order valence-electron chi connectivity index (χ4n) is 3.18. The van der Waals surface area contributed by atoms with E-state index in [0.29, 0.717) is 6.54 Å². The van der Waals surface area contributed by atoms with Crippen LogP contribution < -0.4 is 5.73 Å². The van der Waals surface area contributed by atoms with E-state index in [1.54, 1.807) is 0 Å². The lowest BCUT2D eigenvalue weighted by molar-refractivity contribution is 0.223. The van der Waals surface area contributed by atoms with Crippen LogP contribution in [0.1, 0.15) is 49.7 Å². The van der Waals surface area contributed by atoms with Gasteiger partial charge in [-0.15, -0.1) is 0 Å². The lowest BCUT2D eigenvalue weighted by Crippen LogP contribution is -2.33. The maximum Gasteiger partial charge on any atom is 0.0180 e. The van der Waals surface area contributed by atoms with E-state index in [4.69, 9.17) is 5.73 Å². The van der Waals surface area contributed by atoms with Crippen LogP contribution in [-0.2, 0) is 13.0 Å². The van der Waals surface area contributed by atoms with E-state index in [0.717, 1.165) is 19.0 Å². The van der Waals surface area contributed by atoms with E-state index in [2.05, 4.69) is 36.2 Å². The summed E-state index contributed by atoms with van der Waals surface area (Å²) >= 11 is 0. The molecule has 0 amide bonds. The molecule has 106 valence electrons. The molecule has 1 fully saturated rings. The highest BCUT2D eigenvalue weighted by Crippen LogP contribution is 2.21. The van der Waals surface area contributed by atoms with E-state index in [-0.39, 0.29) is 0 Å². The molecular formula is C17H28N2. The predicted molar refractivity (Wildman–Crippen MR) is 82.2 cm³/mol. The number of nitrogens with two attached hydrogens (primary N) is 1. The molecule has 2 rings (SSSR count). The zero-order valence-corrected chi connectivity index (χ0v) is 12.3. The normalized spacial score (nSPS) is 17.6. The Balaban J connectivity index is 1.86. The van der Waals surface area contributed by atoms with Gasteiger partial charge >= 0.3 is 0 Å². The van der Waals surface area contributed by atoms with Gasteiger partial charge in [0.2, 0.25) is 0 Å². The van der Waals surface area contributed by atoms with E-state index >= 15 is 0 Å². The molecular weight excluding hydrogens is 232 g/mol. The first kappa shape index (κ1) is 14.5. The number of rotatable bonds is 5. The fourth-order valence-corrected chi connectivity index (χ4v) is 3.18. The van der Waals surface area contributed by atoms with Crippen LogP contribution >= 0.6 is 0 Å². The first-order valence-corrected chi connectivity index (χ1v) is 7.78. The maximum atomic E-state index is 5.81. The SMILES string of the molecule is CN(CCc1ccccc1CN)C1CCCCCC1. The number of nitrogens with zero attached hydrogens (tertiary/aromatic N) is 1. The predicted octanol–water partition coefficient (Wildman–Crippen LogP) is 3.34. The Hall–Kier alpha value is -0.860. The van der Waals surface area contributed by atoms with Crippen LogP contribution in [0.15, 0.2) is 24.3 Å². The summed E-state index contributed by atoms with van der Waals surface area (Å²) in [6.45, 7) is 1.81. The van der Waals surface area contributed by atoms with Crippen molar-refractivity contribution in [3.63, 3.8) is 0 Å². The summed E-state index contributed by atoms with van der Waals surface area (Å²) in [4.78, 5) is 2.57. The summed E-state index contributed by atoms with van der Waals surface area (Å²) in [5.74, 6) is 0. The molecule has 1 aliphatic carbocycles. The van der Waals surface area contributed by atoms with Crippen molar-refractivity contribution in [1.29, 1.82) is 0 Å². The lowest BCUT2D eigenvalue weighted by atomic mass is 10.0. The quantitative estimate of drug-likeness (QED) is 0.823. The molecule has 2 nitrogen and oxygen atoms in total. The third-order valence-corrected chi connectivity index (χ3v) is 4.52. The molecule has 0 heterocycles. The summed E-state index contributed by atoms with van der Waals surface area (Å²) in [5.41, 5.74) is 8.53. The molecule has 1 aromatic rings. The van der Waals surface area contributed by atoms with E-state index in [1.807, 2.05) is 0 Å². The van der Waals surface area contributed by atoms with Crippen LogP contribution in [0.4, 0.5) is 0 Å². The molecule has 19 heavy (non-hydrogen) atoms. The van der Waals surface area contributed by atoms with E-state index in [9.17, 15) is 0 Å². The minimum Gasteiger partial charge on any atom is -0.326 e. The number of benzene rings is 1. The molecule has 0 aromatic heterocycles. The highest BCUT2D eigenvalue weighted by atomic mass is 15.1. The molecule has 1 aliphatic rings. The molecule has 1 saturated carbocycles. The summed E-state index contributed by atoms with van der Waals surface area (Å²) in [6.07, 6.45) is 9.58. The van der Waals surface area contributed by atoms with Gasteiger partial charge in [0.05, 0.1) is 0 Å². The Bertz CT molecular complexity index is 367. The van der Waals surface area contributed by atoms with Crippen molar-refractivity contribution < 1.29 is 0 Å². The number of likely N-dealkylation sites (N-methyl/N-ethyl adjacent to an activating group) is 1. The largest absolute Gasteiger partial charge is 0.326 e. The Morgan fingerprint density at radius 1 is 1.05 bits per heavy atom. The van der Waals surface area contributed by atoms with Crippen molar-refractivity contribution >= 4 is 0 Å². The summed E-state index contributed by atoms with van der Waals surface area (Å²) in [7, 11) is 2.29. The molecule has 0 bridgehead atoms. The second kappa shape index (κ2) is 7.66. The topological polar surface area (TPSA) is 29.3 Å². The van der Waals surface area contributed by atoms with Crippen LogP contribution in [-0.4, -0.2) is 24.5 Å². The summed E-state index contributed by atoms with van der Waals surface area (Å²) in [5, 5.41) is 0. The van der Waals surface area contributed by atoms with Crippen LogP contribution in [0.25, 0.3) is 0 Å². The van der Waals surface area contributed by atoms with Crippen molar-refractivity contribution in [2.75, 3.05) is 13.6 Å². The fraction of sp³-hybridized carbons (Fsp3) is 0.647. The van der Waals surface area contributed by atoms with Gasteiger partial charge < -0.3 is 10.6 Å². The van der Waals surface area contributed by atoms with Crippen molar-refractivity contribution in [1.82, 2.24) is 4.90 Å². The Labute approximate surface area is 118 Å². The van der Waals surface area contributed by atoms with Gasteiger partial charge in [-0.05, 0) is 37.4 Å². The second-order valence-corrected chi connectivity index (χ2v) is 5.85. The van der Waals surface area contributed by atoms with Crippen LogP contribution in [0, 0.1) is 0 Å². The third kappa shape index (κ3) is 4.32. The lowest BCUT2D eigenvalue weighted by Gasteiger charge is -2.27. The number of hydrogen-bond acceptors (Lipinski definition) is 2. The molecule has 0 atom stereocenters. The second-order valence-electron chi connectivity index (χ2n) is 5.85. The van der Waals surface area contributed by atoms with Gasteiger partial charge in [0.15, 0.2) is 0 Å². The zero-order chi connectivity index (χ0) is 13.5. The monoisotopic (exact) mass is 260 g/mol. The Kier molecular flexibility index (Phi) is 5.87. The van der Waals surface area contributed by atoms with Gasteiger partial charge in [0.25, 0.3) is 0 Å². The average Bonchev–Trinajstić information content (AvgIpc) is 2.74. The van der Waals surface area contributed by atoms with Gasteiger partial charge in [-0.2, -0.15) is 0 Å². The highest BCUT2D eigenvalue weighted by molar-refractivity contribution is 5.27. The van der Waals surface area contributed by atoms with Crippen molar-refractivity contribution in [3.05, 3.63) is 35.4 Å².